The zero-order chi connectivity index (χ0) is 9.28. The van der Waals surface area contributed by atoms with E-state index in [1.54, 1.807) is 6.92 Å². The monoisotopic (exact) mass is 274 g/mol. The molecule has 0 spiro atoms. The van der Waals surface area contributed by atoms with Crippen molar-refractivity contribution in [2.45, 2.75) is 14.5 Å². The third-order valence-corrected chi connectivity index (χ3v) is 2.05. The fourth-order valence-electron chi connectivity index (χ4n) is 0.327. The number of hydrogen-bond donors (Lipinski definition) is 0. The van der Waals surface area contributed by atoms with Crippen LogP contribution in [0.3, 0.4) is 0 Å². The van der Waals surface area contributed by atoms with Crippen molar-refractivity contribution in [1.29, 1.82) is 0 Å². The van der Waals surface area contributed by atoms with Gasteiger partial charge in [0.2, 0.25) is 7.59 Å². The van der Waals surface area contributed by atoms with Crippen LogP contribution in [-0.2, 0) is 0 Å². The Bertz CT molecular complexity index is 159. The molecule has 0 amide bonds. The highest BCUT2D eigenvalue weighted by molar-refractivity contribution is 6.71. The number of rotatable bonds is 0. The van der Waals surface area contributed by atoms with Crippen molar-refractivity contribution < 1.29 is 0 Å². The van der Waals surface area contributed by atoms with Crippen LogP contribution in [-0.4, -0.2) is 7.59 Å². The van der Waals surface area contributed by atoms with Crippen LogP contribution in [0.5, 0.6) is 0 Å². The molecule has 0 radical (unpaired) electrons. The molecule has 11 heavy (non-hydrogen) atoms. The zero-order valence-corrected chi connectivity index (χ0v) is 9.88. The topological polar surface area (TPSA) is 0 Å². The van der Waals surface area contributed by atoms with Crippen LogP contribution in [0.2, 0.25) is 0 Å². The summed E-state index contributed by atoms with van der Waals surface area (Å²) in [5.74, 6) is 0. The maximum Gasteiger partial charge on any atom is 0.211 e. The third kappa shape index (κ3) is 6.62. The van der Waals surface area contributed by atoms with Crippen LogP contribution < -0.4 is 0 Å². The van der Waals surface area contributed by atoms with Crippen molar-refractivity contribution in [1.82, 2.24) is 0 Å². The van der Waals surface area contributed by atoms with E-state index in [1.807, 2.05) is 0 Å². The lowest BCUT2D eigenvalue weighted by molar-refractivity contribution is 1.20. The van der Waals surface area contributed by atoms with E-state index in [0.29, 0.717) is 5.57 Å². The first-order valence-electron chi connectivity index (χ1n) is 2.46. The molecule has 0 nitrogen and oxygen atoms in total. The predicted octanol–water partition coefficient (Wildman–Crippen LogP) is 4.67. The minimum atomic E-state index is -1.52. The van der Waals surface area contributed by atoms with Crippen LogP contribution in [0.15, 0.2) is 11.6 Å². The molecule has 0 aromatic rings. The van der Waals surface area contributed by atoms with Gasteiger partial charge in [-0.1, -0.05) is 69.6 Å². The number of hydrogen-bond acceptors (Lipinski definition) is 0. The van der Waals surface area contributed by atoms with Crippen molar-refractivity contribution in [2.24, 2.45) is 0 Å². The minimum Gasteiger partial charge on any atom is -0.0791 e. The van der Waals surface area contributed by atoms with Crippen LogP contribution in [0.4, 0.5) is 0 Å². The normalized spacial score (nSPS) is 15.4. The van der Waals surface area contributed by atoms with Gasteiger partial charge >= 0.3 is 0 Å². The Morgan fingerprint density at radius 2 is 1.36 bits per heavy atom. The predicted molar refractivity (Wildman–Crippen MR) is 54.3 cm³/mol. The SMILES string of the molecule is C/C(=C/C(Cl)(Cl)Cl)C(Cl)(Cl)Cl. The van der Waals surface area contributed by atoms with E-state index in [-0.39, 0.29) is 0 Å². The summed E-state index contributed by atoms with van der Waals surface area (Å²) in [6.07, 6.45) is 1.25. The van der Waals surface area contributed by atoms with Crippen LogP contribution >= 0.6 is 69.6 Å². The lowest BCUT2D eigenvalue weighted by Crippen LogP contribution is -2.08. The summed E-state index contributed by atoms with van der Waals surface area (Å²) in [5, 5.41) is 0. The summed E-state index contributed by atoms with van der Waals surface area (Å²) in [6.45, 7) is 1.56. The number of halogens is 6. The summed E-state index contributed by atoms with van der Waals surface area (Å²) in [5.41, 5.74) is 0.377. The highest BCUT2D eigenvalue weighted by atomic mass is 35.6. The molecule has 66 valence electrons. The van der Waals surface area contributed by atoms with Crippen LogP contribution in [0.25, 0.3) is 0 Å². The van der Waals surface area contributed by atoms with E-state index in [2.05, 4.69) is 0 Å². The highest BCUT2D eigenvalue weighted by Crippen LogP contribution is 2.38. The standard InChI is InChI=1S/C5H4Cl6/c1-3(5(9,10)11)2-4(6,7)8/h2H,1H3/b3-2-. The summed E-state index contributed by atoms with van der Waals surface area (Å²) < 4.78 is -3.03. The van der Waals surface area contributed by atoms with Crippen molar-refractivity contribution in [2.75, 3.05) is 0 Å². The molecule has 0 saturated carbocycles. The summed E-state index contributed by atoms with van der Waals surface area (Å²) in [4.78, 5) is 0. The molecule has 0 aliphatic rings. The highest BCUT2D eigenvalue weighted by Gasteiger charge is 2.26. The Hall–Kier alpha value is 1.48. The zero-order valence-electron chi connectivity index (χ0n) is 5.35. The molecule has 0 aromatic heterocycles. The van der Waals surface area contributed by atoms with E-state index in [0.717, 1.165) is 0 Å². The van der Waals surface area contributed by atoms with E-state index in [9.17, 15) is 0 Å². The van der Waals surface area contributed by atoms with Crippen LogP contribution in [0, 0.1) is 0 Å². The Labute approximate surface area is 95.3 Å². The lowest BCUT2D eigenvalue weighted by atomic mass is 10.3. The van der Waals surface area contributed by atoms with Gasteiger partial charge in [0.05, 0.1) is 0 Å². The first kappa shape index (κ1) is 12.5. The fraction of sp³-hybridized carbons (Fsp3) is 0.600. The van der Waals surface area contributed by atoms with Crippen molar-refractivity contribution in [3.63, 3.8) is 0 Å². The number of allylic oxidation sites excluding steroid dienone is 2. The largest absolute Gasteiger partial charge is 0.211 e. The molecule has 0 rings (SSSR count). The second-order valence-electron chi connectivity index (χ2n) is 1.87. The molecule has 0 aromatic carbocycles. The Morgan fingerprint density at radius 1 is 1.00 bits per heavy atom. The van der Waals surface area contributed by atoms with Gasteiger partial charge in [-0.3, -0.25) is 0 Å². The minimum absolute atomic E-state index is 0.377. The van der Waals surface area contributed by atoms with E-state index in [1.165, 1.54) is 6.08 Å². The molecular weight excluding hydrogens is 273 g/mol. The van der Waals surface area contributed by atoms with E-state index >= 15 is 0 Å². The van der Waals surface area contributed by atoms with Crippen LogP contribution in [0.1, 0.15) is 6.92 Å². The first-order chi connectivity index (χ1) is 4.63. The molecule has 0 saturated heterocycles. The molecule has 0 N–H and O–H groups in total. The van der Waals surface area contributed by atoms with Gasteiger partial charge in [0.1, 0.15) is 0 Å². The quantitative estimate of drug-likeness (QED) is 0.445. The first-order valence-corrected chi connectivity index (χ1v) is 4.73. The molecule has 0 heterocycles. The Kier molecular flexibility index (Phi) is 4.68. The van der Waals surface area contributed by atoms with Crippen molar-refractivity contribution >= 4 is 69.6 Å². The van der Waals surface area contributed by atoms with Gasteiger partial charge in [0.15, 0.2) is 0 Å². The maximum atomic E-state index is 5.48. The van der Waals surface area contributed by atoms with Gasteiger partial charge in [0, 0.05) is 0 Å². The van der Waals surface area contributed by atoms with E-state index in [4.69, 9.17) is 69.6 Å². The molecule has 0 unspecified atom stereocenters. The Balaban J connectivity index is 4.49. The molecule has 0 aliphatic carbocycles. The van der Waals surface area contributed by atoms with Gasteiger partial charge in [-0.05, 0) is 18.6 Å². The van der Waals surface area contributed by atoms with Crippen molar-refractivity contribution in [3.05, 3.63) is 11.6 Å². The molecule has 0 aliphatic heterocycles. The smallest absolute Gasteiger partial charge is 0.0791 e. The van der Waals surface area contributed by atoms with Gasteiger partial charge in [-0.2, -0.15) is 0 Å². The van der Waals surface area contributed by atoms with E-state index < -0.39 is 7.59 Å². The maximum absolute atomic E-state index is 5.48. The molecule has 0 atom stereocenters. The molecule has 0 fully saturated rings. The lowest BCUT2D eigenvalue weighted by Gasteiger charge is -2.13. The summed E-state index contributed by atoms with van der Waals surface area (Å²) in [7, 11) is 0. The Morgan fingerprint density at radius 3 is 1.45 bits per heavy atom. The second-order valence-corrected chi connectivity index (χ2v) is 6.52. The van der Waals surface area contributed by atoms with Gasteiger partial charge in [0.25, 0.3) is 0 Å². The fourth-order valence-corrected chi connectivity index (χ4v) is 0.982. The molecule has 6 heteroatoms. The van der Waals surface area contributed by atoms with Gasteiger partial charge < -0.3 is 0 Å². The van der Waals surface area contributed by atoms with Gasteiger partial charge in [-0.25, -0.2) is 0 Å². The average Bonchev–Trinajstić information content (AvgIpc) is 1.56. The van der Waals surface area contributed by atoms with Gasteiger partial charge in [-0.15, -0.1) is 0 Å². The molecule has 0 bridgehead atoms. The average molecular weight is 277 g/mol. The summed E-state index contributed by atoms with van der Waals surface area (Å²) in [6, 6.07) is 0. The van der Waals surface area contributed by atoms with Crippen molar-refractivity contribution in [3.8, 4) is 0 Å². The molecular formula is C5H4Cl6. The third-order valence-electron chi connectivity index (χ3n) is 0.827. The number of alkyl halides is 6. The summed E-state index contributed by atoms with van der Waals surface area (Å²) >= 11 is 32.7. The second kappa shape index (κ2) is 4.13.